The van der Waals surface area contributed by atoms with Gasteiger partial charge in [0.25, 0.3) is 0 Å². The first kappa shape index (κ1) is 12.5. The van der Waals surface area contributed by atoms with Gasteiger partial charge < -0.3 is 10.6 Å². The molecular formula is C13H18F2N2. The van der Waals surface area contributed by atoms with E-state index in [1.54, 1.807) is 13.0 Å². The molecular weight excluding hydrogens is 222 g/mol. The second kappa shape index (κ2) is 5.56. The van der Waals surface area contributed by atoms with Crippen molar-refractivity contribution in [3.05, 3.63) is 34.9 Å². The lowest BCUT2D eigenvalue weighted by Gasteiger charge is -2.08. The van der Waals surface area contributed by atoms with Crippen LogP contribution in [0.5, 0.6) is 0 Å². The average Bonchev–Trinajstić information content (AvgIpc) is 3.08. The minimum absolute atomic E-state index is 0.444. The monoisotopic (exact) mass is 240 g/mol. The van der Waals surface area contributed by atoms with Gasteiger partial charge in [0.2, 0.25) is 0 Å². The van der Waals surface area contributed by atoms with Crippen molar-refractivity contribution in [1.82, 2.24) is 10.6 Å². The number of nitrogens with one attached hydrogen (secondary N) is 2. The van der Waals surface area contributed by atoms with Crippen molar-refractivity contribution in [2.75, 3.05) is 13.1 Å². The summed E-state index contributed by atoms with van der Waals surface area (Å²) >= 11 is 0. The zero-order valence-electron chi connectivity index (χ0n) is 10.0. The summed E-state index contributed by atoms with van der Waals surface area (Å²) in [6, 6.07) is 3.21. The Morgan fingerprint density at radius 3 is 2.65 bits per heavy atom. The zero-order valence-corrected chi connectivity index (χ0v) is 10.0. The summed E-state index contributed by atoms with van der Waals surface area (Å²) in [5.74, 6) is -0.961. The molecule has 1 fully saturated rings. The van der Waals surface area contributed by atoms with Crippen LogP contribution >= 0.6 is 0 Å². The lowest BCUT2D eigenvalue weighted by molar-refractivity contribution is 0.550. The first-order valence-electron chi connectivity index (χ1n) is 6.05. The van der Waals surface area contributed by atoms with Crippen molar-refractivity contribution in [1.29, 1.82) is 0 Å². The van der Waals surface area contributed by atoms with Crippen LogP contribution in [0, 0.1) is 18.6 Å². The van der Waals surface area contributed by atoms with Gasteiger partial charge in [0.05, 0.1) is 0 Å². The third kappa shape index (κ3) is 3.75. The van der Waals surface area contributed by atoms with Crippen LogP contribution in [0.15, 0.2) is 12.1 Å². The minimum atomic E-state index is -0.485. The van der Waals surface area contributed by atoms with Crippen molar-refractivity contribution < 1.29 is 8.78 Å². The second-order valence-electron chi connectivity index (χ2n) is 4.60. The summed E-state index contributed by atoms with van der Waals surface area (Å²) < 4.78 is 26.4. The molecule has 17 heavy (non-hydrogen) atoms. The van der Waals surface area contributed by atoms with Gasteiger partial charge in [0, 0.05) is 37.3 Å². The zero-order chi connectivity index (χ0) is 12.3. The van der Waals surface area contributed by atoms with E-state index in [-0.39, 0.29) is 0 Å². The Kier molecular flexibility index (Phi) is 4.07. The number of aryl methyl sites for hydroxylation is 1. The predicted molar refractivity (Wildman–Crippen MR) is 63.8 cm³/mol. The Balaban J connectivity index is 1.75. The fourth-order valence-electron chi connectivity index (χ4n) is 1.73. The van der Waals surface area contributed by atoms with E-state index in [1.165, 1.54) is 12.8 Å². The Hall–Kier alpha value is -1.00. The van der Waals surface area contributed by atoms with Crippen LogP contribution in [0.1, 0.15) is 24.0 Å². The number of halogens is 2. The van der Waals surface area contributed by atoms with E-state index in [1.807, 2.05) is 0 Å². The Labute approximate surface area is 100 Å². The lowest BCUT2D eigenvalue weighted by atomic mass is 10.1. The summed E-state index contributed by atoms with van der Waals surface area (Å²) in [5.41, 5.74) is 1.01. The smallest absolute Gasteiger partial charge is 0.130 e. The van der Waals surface area contributed by atoms with E-state index in [9.17, 15) is 8.78 Å². The molecule has 0 spiro atoms. The van der Waals surface area contributed by atoms with Crippen molar-refractivity contribution in [3.8, 4) is 0 Å². The van der Waals surface area contributed by atoms with Crippen LogP contribution in [0.25, 0.3) is 0 Å². The summed E-state index contributed by atoms with van der Waals surface area (Å²) in [6.45, 7) is 3.78. The van der Waals surface area contributed by atoms with Gasteiger partial charge in [-0.3, -0.25) is 0 Å². The van der Waals surface area contributed by atoms with Gasteiger partial charge in [-0.1, -0.05) is 0 Å². The summed E-state index contributed by atoms with van der Waals surface area (Å²) in [4.78, 5) is 0. The number of rotatable bonds is 6. The number of hydrogen-bond donors (Lipinski definition) is 2. The van der Waals surface area contributed by atoms with Crippen LogP contribution in [0.2, 0.25) is 0 Å². The molecule has 0 bridgehead atoms. The molecule has 2 rings (SSSR count). The van der Waals surface area contributed by atoms with E-state index < -0.39 is 11.6 Å². The van der Waals surface area contributed by atoms with Crippen LogP contribution in [0.3, 0.4) is 0 Å². The van der Waals surface area contributed by atoms with Crippen molar-refractivity contribution in [2.45, 2.75) is 32.4 Å². The molecule has 94 valence electrons. The fourth-order valence-corrected chi connectivity index (χ4v) is 1.73. The van der Waals surface area contributed by atoms with Gasteiger partial charge >= 0.3 is 0 Å². The number of benzene rings is 1. The molecule has 2 nitrogen and oxygen atoms in total. The minimum Gasteiger partial charge on any atom is -0.313 e. The maximum absolute atomic E-state index is 13.4. The highest BCUT2D eigenvalue weighted by Gasteiger charge is 2.19. The highest BCUT2D eigenvalue weighted by molar-refractivity contribution is 5.25. The third-order valence-corrected chi connectivity index (χ3v) is 2.96. The summed E-state index contributed by atoms with van der Waals surface area (Å²) in [7, 11) is 0. The largest absolute Gasteiger partial charge is 0.313 e. The fraction of sp³-hybridized carbons (Fsp3) is 0.538. The third-order valence-electron chi connectivity index (χ3n) is 2.96. The van der Waals surface area contributed by atoms with Crippen LogP contribution in [-0.4, -0.2) is 19.1 Å². The average molecular weight is 240 g/mol. The van der Waals surface area contributed by atoms with Gasteiger partial charge in [0.1, 0.15) is 11.6 Å². The molecule has 1 saturated carbocycles. The molecule has 0 heterocycles. The molecule has 0 aromatic heterocycles. The summed E-state index contributed by atoms with van der Waals surface area (Å²) in [6.07, 6.45) is 2.54. The first-order valence-corrected chi connectivity index (χ1v) is 6.05. The standard InChI is InChI=1S/C13H18F2N2/c1-9-6-10(13(15)7-12(9)14)8-16-4-5-17-11-2-3-11/h6-7,11,16-17H,2-5,8H2,1H3. The van der Waals surface area contributed by atoms with E-state index in [0.29, 0.717) is 23.7 Å². The Bertz CT molecular complexity index is 389. The van der Waals surface area contributed by atoms with Gasteiger partial charge in [-0.25, -0.2) is 8.78 Å². The number of hydrogen-bond acceptors (Lipinski definition) is 2. The maximum atomic E-state index is 13.4. The van der Waals surface area contributed by atoms with Gasteiger partial charge in [0.15, 0.2) is 0 Å². The first-order chi connectivity index (χ1) is 8.16. The molecule has 0 atom stereocenters. The molecule has 2 N–H and O–H groups in total. The molecule has 1 aromatic rings. The maximum Gasteiger partial charge on any atom is 0.130 e. The van der Waals surface area contributed by atoms with Gasteiger partial charge in [-0.2, -0.15) is 0 Å². The molecule has 0 unspecified atom stereocenters. The normalized spacial score (nSPS) is 15.2. The van der Waals surface area contributed by atoms with E-state index in [4.69, 9.17) is 0 Å². The molecule has 0 amide bonds. The topological polar surface area (TPSA) is 24.1 Å². The SMILES string of the molecule is Cc1cc(CNCCNC2CC2)c(F)cc1F. The van der Waals surface area contributed by atoms with Crippen LogP contribution < -0.4 is 10.6 Å². The quantitative estimate of drug-likeness (QED) is 0.744. The highest BCUT2D eigenvalue weighted by atomic mass is 19.1. The summed E-state index contributed by atoms with van der Waals surface area (Å²) in [5, 5.41) is 6.51. The Morgan fingerprint density at radius 2 is 1.94 bits per heavy atom. The van der Waals surface area contributed by atoms with Gasteiger partial charge in [-0.05, 0) is 31.4 Å². The lowest BCUT2D eigenvalue weighted by Crippen LogP contribution is -2.28. The van der Waals surface area contributed by atoms with Crippen molar-refractivity contribution >= 4 is 0 Å². The predicted octanol–water partition coefficient (Wildman–Crippen LogP) is 2.11. The van der Waals surface area contributed by atoms with E-state index in [0.717, 1.165) is 19.2 Å². The Morgan fingerprint density at radius 1 is 1.18 bits per heavy atom. The molecule has 0 saturated heterocycles. The van der Waals surface area contributed by atoms with Crippen molar-refractivity contribution in [2.24, 2.45) is 0 Å². The van der Waals surface area contributed by atoms with Gasteiger partial charge in [-0.15, -0.1) is 0 Å². The highest BCUT2D eigenvalue weighted by Crippen LogP contribution is 2.18. The molecule has 0 radical (unpaired) electrons. The van der Waals surface area contributed by atoms with Crippen molar-refractivity contribution in [3.63, 3.8) is 0 Å². The molecule has 1 aliphatic rings. The van der Waals surface area contributed by atoms with Crippen LogP contribution in [-0.2, 0) is 6.54 Å². The second-order valence-corrected chi connectivity index (χ2v) is 4.60. The van der Waals surface area contributed by atoms with Crippen LogP contribution in [0.4, 0.5) is 8.78 Å². The molecule has 0 aliphatic heterocycles. The van der Waals surface area contributed by atoms with E-state index >= 15 is 0 Å². The van der Waals surface area contributed by atoms with E-state index in [2.05, 4.69) is 10.6 Å². The molecule has 4 heteroatoms. The molecule has 1 aromatic carbocycles. The molecule has 1 aliphatic carbocycles.